The molecule has 0 radical (unpaired) electrons. The zero-order valence-electron chi connectivity index (χ0n) is 21.8. The van der Waals surface area contributed by atoms with Gasteiger partial charge in [0.25, 0.3) is 0 Å². The number of carbonyl (C=O) groups excluding carboxylic acids is 1. The maximum Gasteiger partial charge on any atom is 0.319 e. The summed E-state index contributed by atoms with van der Waals surface area (Å²) in [6.07, 6.45) is -0.448. The Bertz CT molecular complexity index is 1400. The van der Waals surface area contributed by atoms with Crippen molar-refractivity contribution in [2.75, 3.05) is 17.6 Å². The second kappa shape index (κ2) is 12.9. The molecule has 1 aromatic heterocycles. The van der Waals surface area contributed by atoms with Crippen LogP contribution in [0.4, 0.5) is 10.5 Å². The van der Waals surface area contributed by atoms with Crippen molar-refractivity contribution in [2.24, 2.45) is 0 Å². The van der Waals surface area contributed by atoms with E-state index in [0.717, 1.165) is 22.4 Å². The number of nitrogens with one attached hydrogen (secondary N) is 2. The number of nitrogens with zero attached hydrogens (tertiary/aromatic N) is 4. The fourth-order valence-corrected chi connectivity index (χ4v) is 5.18. The van der Waals surface area contributed by atoms with Crippen LogP contribution >= 0.6 is 11.8 Å². The van der Waals surface area contributed by atoms with E-state index < -0.39 is 6.29 Å². The molecule has 1 aliphatic rings. The number of carbonyl (C=O) groups is 1. The van der Waals surface area contributed by atoms with Crippen LogP contribution in [0.15, 0.2) is 78.0 Å². The van der Waals surface area contributed by atoms with Crippen molar-refractivity contribution in [3.63, 3.8) is 0 Å². The molecule has 5 rings (SSSR count). The number of urea groups is 1. The van der Waals surface area contributed by atoms with E-state index >= 15 is 0 Å². The molecule has 11 nitrogen and oxygen atoms in total. The number of benzene rings is 3. The molecule has 1 aliphatic heterocycles. The molecule has 40 heavy (non-hydrogen) atoms. The smallest absolute Gasteiger partial charge is 0.319 e. The summed E-state index contributed by atoms with van der Waals surface area (Å²) in [5, 5.41) is 37.2. The van der Waals surface area contributed by atoms with Gasteiger partial charge in [0.15, 0.2) is 6.29 Å². The summed E-state index contributed by atoms with van der Waals surface area (Å²) in [6.45, 7) is 2.37. The molecular weight excluding hydrogens is 532 g/mol. The minimum absolute atomic E-state index is 0.0246. The summed E-state index contributed by atoms with van der Waals surface area (Å²) in [7, 11) is 0. The van der Waals surface area contributed by atoms with Crippen LogP contribution in [0, 0.1) is 0 Å². The highest BCUT2D eigenvalue weighted by molar-refractivity contribution is 7.99. The first-order valence-corrected chi connectivity index (χ1v) is 13.9. The van der Waals surface area contributed by atoms with Gasteiger partial charge in [0.05, 0.1) is 24.5 Å². The van der Waals surface area contributed by atoms with Gasteiger partial charge in [0.2, 0.25) is 5.16 Å². The lowest BCUT2D eigenvalue weighted by Crippen LogP contribution is -2.31. The Balaban J connectivity index is 1.33. The van der Waals surface area contributed by atoms with Crippen molar-refractivity contribution < 1.29 is 24.5 Å². The van der Waals surface area contributed by atoms with Crippen LogP contribution in [0.3, 0.4) is 0 Å². The highest BCUT2D eigenvalue weighted by Crippen LogP contribution is 2.39. The number of phenolic OH excluding ortho intramolecular Hbond substituents is 1. The van der Waals surface area contributed by atoms with Crippen molar-refractivity contribution in [1.29, 1.82) is 0 Å². The second-order valence-electron chi connectivity index (χ2n) is 9.16. The Morgan fingerprint density at radius 1 is 1.02 bits per heavy atom. The highest BCUT2D eigenvalue weighted by atomic mass is 32.2. The van der Waals surface area contributed by atoms with E-state index in [9.17, 15) is 15.0 Å². The molecule has 1 fully saturated rings. The van der Waals surface area contributed by atoms with Crippen LogP contribution in [0.1, 0.15) is 42.4 Å². The Morgan fingerprint density at radius 3 is 2.45 bits per heavy atom. The molecule has 0 spiro atoms. The molecule has 2 amide bonds. The third kappa shape index (κ3) is 6.77. The zero-order valence-corrected chi connectivity index (χ0v) is 22.6. The van der Waals surface area contributed by atoms with Gasteiger partial charge in [-0.2, -0.15) is 4.68 Å². The molecule has 208 valence electrons. The van der Waals surface area contributed by atoms with Gasteiger partial charge >= 0.3 is 6.03 Å². The number of amides is 2. The van der Waals surface area contributed by atoms with Gasteiger partial charge < -0.3 is 30.3 Å². The largest absolute Gasteiger partial charge is 0.508 e. The SMILES string of the molecule is CCNC(=O)Nc1ccc(C2OC(CSc3nnnn3-c3ccc(O)cc3)CC(c3ccc(CO)cc3)O2)cc1. The monoisotopic (exact) mass is 562 g/mol. The molecule has 0 bridgehead atoms. The predicted molar refractivity (Wildman–Crippen MR) is 149 cm³/mol. The molecular formula is C28H30N6O5S. The number of hydrogen-bond donors (Lipinski definition) is 4. The topological polar surface area (TPSA) is 144 Å². The number of phenols is 1. The highest BCUT2D eigenvalue weighted by Gasteiger charge is 2.32. The fourth-order valence-electron chi connectivity index (χ4n) is 4.27. The molecule has 12 heteroatoms. The summed E-state index contributed by atoms with van der Waals surface area (Å²) >= 11 is 1.47. The minimum atomic E-state index is -0.631. The number of aromatic nitrogens is 4. The lowest BCUT2D eigenvalue weighted by atomic mass is 10.0. The first-order valence-electron chi connectivity index (χ1n) is 12.9. The molecule has 4 aromatic rings. The van der Waals surface area contributed by atoms with E-state index in [0.29, 0.717) is 29.6 Å². The van der Waals surface area contributed by atoms with Crippen LogP contribution in [0.2, 0.25) is 0 Å². The van der Waals surface area contributed by atoms with Gasteiger partial charge in [-0.05, 0) is 64.9 Å². The molecule has 3 aromatic carbocycles. The number of aromatic hydroxyl groups is 1. The third-order valence-electron chi connectivity index (χ3n) is 6.33. The Labute approximate surface area is 235 Å². The molecule has 2 heterocycles. The Hall–Kier alpha value is -3.97. The summed E-state index contributed by atoms with van der Waals surface area (Å²) in [6, 6.07) is 21.5. The number of aliphatic hydroxyl groups excluding tert-OH is 1. The average molecular weight is 563 g/mol. The van der Waals surface area contributed by atoms with Crippen LogP contribution in [0.5, 0.6) is 5.75 Å². The first-order chi connectivity index (χ1) is 19.5. The molecule has 0 saturated carbocycles. The molecule has 4 N–H and O–H groups in total. The van der Waals surface area contributed by atoms with Gasteiger partial charge in [0, 0.05) is 30.0 Å². The maximum absolute atomic E-state index is 11.9. The molecule has 3 unspecified atom stereocenters. The number of rotatable bonds is 9. The number of ether oxygens (including phenoxy) is 2. The van der Waals surface area contributed by atoms with E-state index in [1.54, 1.807) is 28.9 Å². The summed E-state index contributed by atoms with van der Waals surface area (Å²) in [4.78, 5) is 11.9. The molecule has 0 aliphatic carbocycles. The standard InChI is InChI=1S/C28H30N6O5S/c1-2-29-27(37)30-21-9-7-20(8-10-21)26-38-24(15-25(39-26)19-5-3-18(16-35)4-6-19)17-40-28-31-32-33-34(28)22-11-13-23(36)14-12-22/h3-14,24-26,35-36H,2,15-17H2,1H3,(H2,29,30,37). The summed E-state index contributed by atoms with van der Waals surface area (Å²) < 4.78 is 14.4. The number of aliphatic hydroxyl groups is 1. The van der Waals surface area contributed by atoms with Crippen LogP contribution in [0.25, 0.3) is 5.69 Å². The van der Waals surface area contributed by atoms with Gasteiger partial charge in [-0.15, -0.1) is 5.10 Å². The number of thioether (sulfide) groups is 1. The van der Waals surface area contributed by atoms with Gasteiger partial charge in [0.1, 0.15) is 5.75 Å². The third-order valence-corrected chi connectivity index (χ3v) is 7.38. The van der Waals surface area contributed by atoms with Crippen LogP contribution in [-0.4, -0.2) is 54.9 Å². The lowest BCUT2D eigenvalue weighted by Gasteiger charge is -2.36. The average Bonchev–Trinajstić information content (AvgIpc) is 3.45. The summed E-state index contributed by atoms with van der Waals surface area (Å²) in [5.74, 6) is 0.735. The van der Waals surface area contributed by atoms with E-state index in [1.165, 1.54) is 11.8 Å². The number of tetrazole rings is 1. The van der Waals surface area contributed by atoms with E-state index in [4.69, 9.17) is 9.47 Å². The summed E-state index contributed by atoms with van der Waals surface area (Å²) in [5.41, 5.74) is 4.04. The number of anilines is 1. The van der Waals surface area contributed by atoms with E-state index in [2.05, 4.69) is 26.2 Å². The van der Waals surface area contributed by atoms with Crippen LogP contribution < -0.4 is 10.6 Å². The second-order valence-corrected chi connectivity index (χ2v) is 10.1. The maximum atomic E-state index is 11.9. The lowest BCUT2D eigenvalue weighted by molar-refractivity contribution is -0.245. The minimum Gasteiger partial charge on any atom is -0.508 e. The van der Waals surface area contributed by atoms with Gasteiger partial charge in [-0.3, -0.25) is 0 Å². The van der Waals surface area contributed by atoms with Crippen molar-refractivity contribution in [3.8, 4) is 11.4 Å². The Kier molecular flexibility index (Phi) is 8.91. The van der Waals surface area contributed by atoms with Crippen LogP contribution in [-0.2, 0) is 16.1 Å². The zero-order chi connectivity index (χ0) is 27.9. The van der Waals surface area contributed by atoms with E-state index in [1.807, 2.05) is 55.5 Å². The number of hydrogen-bond acceptors (Lipinski definition) is 9. The van der Waals surface area contributed by atoms with Crippen molar-refractivity contribution in [3.05, 3.63) is 89.5 Å². The van der Waals surface area contributed by atoms with Crippen molar-refractivity contribution in [2.45, 2.75) is 43.6 Å². The normalized spacial score (nSPS) is 18.8. The quantitative estimate of drug-likeness (QED) is 0.219. The predicted octanol–water partition coefficient (Wildman–Crippen LogP) is 4.34. The van der Waals surface area contributed by atoms with Gasteiger partial charge in [-0.1, -0.05) is 48.2 Å². The Morgan fingerprint density at radius 2 is 1.75 bits per heavy atom. The van der Waals surface area contributed by atoms with Crippen molar-refractivity contribution >= 4 is 23.5 Å². The molecule has 1 saturated heterocycles. The van der Waals surface area contributed by atoms with E-state index in [-0.39, 0.29) is 30.6 Å². The van der Waals surface area contributed by atoms with Gasteiger partial charge in [-0.25, -0.2) is 4.79 Å². The molecule has 3 atom stereocenters. The first kappa shape index (κ1) is 27.6. The van der Waals surface area contributed by atoms with Crippen molar-refractivity contribution in [1.82, 2.24) is 25.5 Å². The fraction of sp³-hybridized carbons (Fsp3) is 0.286.